The van der Waals surface area contributed by atoms with Gasteiger partial charge in [-0.3, -0.25) is 9.59 Å². The van der Waals surface area contributed by atoms with E-state index in [9.17, 15) is 14.4 Å². The van der Waals surface area contributed by atoms with Crippen LogP contribution in [0.25, 0.3) is 0 Å². The van der Waals surface area contributed by atoms with Gasteiger partial charge in [-0.15, -0.1) is 23.4 Å². The summed E-state index contributed by atoms with van der Waals surface area (Å²) in [6.45, 7) is 0.116. The predicted octanol–water partition coefficient (Wildman–Crippen LogP) is 3.11. The summed E-state index contributed by atoms with van der Waals surface area (Å²) in [7, 11) is 0. The fourth-order valence-electron chi connectivity index (χ4n) is 3.96. The highest BCUT2D eigenvalue weighted by Crippen LogP contribution is 2.52. The summed E-state index contributed by atoms with van der Waals surface area (Å²) < 4.78 is 4.81. The van der Waals surface area contributed by atoms with Crippen LogP contribution in [0.3, 0.4) is 0 Å². The molecule has 2 heterocycles. The van der Waals surface area contributed by atoms with Crippen LogP contribution in [0, 0.1) is 0 Å². The molecular formula is C23H22BrClN2O4S. The number of esters is 1. The number of ether oxygens (including phenoxy) is 1. The van der Waals surface area contributed by atoms with E-state index in [2.05, 4.69) is 21.2 Å². The molecule has 9 heteroatoms. The molecule has 0 spiro atoms. The Hall–Kier alpha value is -2.03. The largest absolute Gasteiger partial charge is 0.459 e. The lowest BCUT2D eigenvalue weighted by atomic mass is 9.95. The number of benzene rings is 2. The van der Waals surface area contributed by atoms with Gasteiger partial charge in [-0.25, -0.2) is 4.79 Å². The number of carbonyl (C=O) groups is 3. The Morgan fingerprint density at radius 1 is 1.09 bits per heavy atom. The first-order valence-corrected chi connectivity index (χ1v) is 12.7. The lowest BCUT2D eigenvalue weighted by Gasteiger charge is -2.44. The van der Waals surface area contributed by atoms with Crippen LogP contribution in [0.5, 0.6) is 0 Å². The van der Waals surface area contributed by atoms with Crippen LogP contribution >= 0.6 is 39.3 Å². The number of hydrogen-bond acceptors (Lipinski definition) is 5. The minimum atomic E-state index is -0.826. The molecule has 2 aromatic rings. The van der Waals surface area contributed by atoms with Crippen LogP contribution in [0.4, 0.5) is 0 Å². The first-order chi connectivity index (χ1) is 15.5. The Morgan fingerprint density at radius 2 is 1.72 bits per heavy atom. The average molecular weight is 538 g/mol. The molecule has 2 aliphatic heterocycles. The Labute approximate surface area is 204 Å². The highest BCUT2D eigenvalue weighted by molar-refractivity contribution is 9.09. The Kier molecular flexibility index (Phi) is 7.12. The number of β-lactam (4-membered cyclic amide) rings is 1. The molecule has 1 N–H and O–H groups in total. The number of nitrogens with one attached hydrogen (secondary N) is 1. The zero-order valence-corrected chi connectivity index (χ0v) is 20.2. The second-order valence-corrected chi connectivity index (χ2v) is 10.1. The summed E-state index contributed by atoms with van der Waals surface area (Å²) in [6.07, 6.45) is 0.184. The summed E-state index contributed by atoms with van der Waals surface area (Å²) in [5.41, 5.74) is 1.73. The first kappa shape index (κ1) is 23.1. The molecule has 2 saturated heterocycles. The van der Waals surface area contributed by atoms with Crippen LogP contribution in [-0.4, -0.2) is 56.1 Å². The summed E-state index contributed by atoms with van der Waals surface area (Å²) >= 11 is 11.2. The van der Waals surface area contributed by atoms with Gasteiger partial charge in [0.1, 0.15) is 24.1 Å². The first-order valence-electron chi connectivity index (χ1n) is 10.1. The monoisotopic (exact) mass is 536 g/mol. The van der Waals surface area contributed by atoms with Crippen molar-refractivity contribution in [2.75, 3.05) is 11.2 Å². The Morgan fingerprint density at radius 3 is 2.31 bits per heavy atom. The number of thioether (sulfide) groups is 1. The van der Waals surface area contributed by atoms with Gasteiger partial charge in [0.25, 0.3) is 0 Å². The lowest BCUT2D eigenvalue weighted by molar-refractivity contribution is -0.165. The van der Waals surface area contributed by atoms with Crippen molar-refractivity contribution in [2.45, 2.75) is 35.2 Å². The molecule has 4 rings (SSSR count). The van der Waals surface area contributed by atoms with Crippen molar-refractivity contribution in [2.24, 2.45) is 0 Å². The summed E-state index contributed by atoms with van der Waals surface area (Å²) in [5, 5.41) is 2.87. The van der Waals surface area contributed by atoms with Crippen LogP contribution in [0.15, 0.2) is 60.7 Å². The van der Waals surface area contributed by atoms with E-state index < -0.39 is 22.8 Å². The standard InChI is InChI=1S/C23H22BrClN2O4S/c24-13-23(14-25)19(22(30)31-12-16-9-5-2-6-10-16)27-20(29)18(21(27)32-23)26-17(28)11-15-7-3-1-4-8-15/h1-10,18-19,21H,11-14H2,(H,26,28)/t18?,19?,21-,23?/m1/s1. The third kappa shape index (κ3) is 4.40. The van der Waals surface area contributed by atoms with Gasteiger partial charge >= 0.3 is 5.97 Å². The third-order valence-corrected chi connectivity index (χ3v) is 9.36. The zero-order valence-electron chi connectivity index (χ0n) is 17.1. The van der Waals surface area contributed by atoms with Crippen molar-refractivity contribution < 1.29 is 19.1 Å². The summed E-state index contributed by atoms with van der Waals surface area (Å²) in [5.74, 6) is -0.871. The molecule has 2 amide bonds. The maximum Gasteiger partial charge on any atom is 0.330 e. The zero-order chi connectivity index (χ0) is 22.7. The molecule has 3 unspecified atom stereocenters. The Balaban J connectivity index is 1.45. The van der Waals surface area contributed by atoms with Gasteiger partial charge in [-0.1, -0.05) is 76.6 Å². The van der Waals surface area contributed by atoms with Crippen LogP contribution in [-0.2, 0) is 32.1 Å². The van der Waals surface area contributed by atoms with E-state index in [-0.39, 0.29) is 36.1 Å². The highest BCUT2D eigenvalue weighted by atomic mass is 79.9. The average Bonchev–Trinajstić information content (AvgIpc) is 3.14. The molecule has 0 radical (unpaired) electrons. The number of halogens is 2. The van der Waals surface area contributed by atoms with E-state index in [4.69, 9.17) is 16.3 Å². The smallest absolute Gasteiger partial charge is 0.330 e. The van der Waals surface area contributed by atoms with Gasteiger partial charge in [0.15, 0.2) is 0 Å². The minimum Gasteiger partial charge on any atom is -0.459 e. The molecule has 0 aromatic heterocycles. The third-order valence-electron chi connectivity index (χ3n) is 5.64. The highest BCUT2D eigenvalue weighted by Gasteiger charge is 2.67. The second-order valence-electron chi connectivity index (χ2n) is 7.79. The molecule has 4 atom stereocenters. The van der Waals surface area contributed by atoms with Crippen molar-refractivity contribution in [1.82, 2.24) is 10.2 Å². The number of nitrogens with zero attached hydrogens (tertiary/aromatic N) is 1. The van der Waals surface area contributed by atoms with Crippen LogP contribution in [0.2, 0.25) is 0 Å². The molecule has 32 heavy (non-hydrogen) atoms. The van der Waals surface area contributed by atoms with E-state index in [0.29, 0.717) is 5.33 Å². The van der Waals surface area contributed by atoms with E-state index in [0.717, 1.165) is 11.1 Å². The van der Waals surface area contributed by atoms with Crippen molar-refractivity contribution in [1.29, 1.82) is 0 Å². The summed E-state index contributed by atoms with van der Waals surface area (Å²) in [6, 6.07) is 17.2. The van der Waals surface area contributed by atoms with E-state index in [1.54, 1.807) is 0 Å². The van der Waals surface area contributed by atoms with Crippen molar-refractivity contribution in [3.63, 3.8) is 0 Å². The normalized spacial score (nSPS) is 26.2. The predicted molar refractivity (Wildman–Crippen MR) is 128 cm³/mol. The number of rotatable bonds is 8. The quantitative estimate of drug-likeness (QED) is 0.318. The van der Waals surface area contributed by atoms with E-state index in [1.807, 2.05) is 60.7 Å². The molecule has 6 nitrogen and oxygen atoms in total. The van der Waals surface area contributed by atoms with Crippen molar-refractivity contribution >= 4 is 57.1 Å². The lowest BCUT2D eigenvalue weighted by Crippen LogP contribution is -2.71. The van der Waals surface area contributed by atoms with Gasteiger partial charge in [-0.05, 0) is 11.1 Å². The van der Waals surface area contributed by atoms with Gasteiger partial charge in [0.05, 0.1) is 11.2 Å². The summed E-state index contributed by atoms with van der Waals surface area (Å²) in [4.78, 5) is 40.0. The fourth-order valence-corrected chi connectivity index (χ4v) is 7.13. The molecular weight excluding hydrogens is 516 g/mol. The second kappa shape index (κ2) is 9.85. The molecule has 0 aliphatic carbocycles. The van der Waals surface area contributed by atoms with Gasteiger partial charge in [0, 0.05) is 11.2 Å². The topological polar surface area (TPSA) is 75.7 Å². The van der Waals surface area contributed by atoms with Crippen molar-refractivity contribution in [3.05, 3.63) is 71.8 Å². The number of alkyl halides is 2. The molecule has 2 aromatic carbocycles. The van der Waals surface area contributed by atoms with E-state index in [1.165, 1.54) is 16.7 Å². The minimum absolute atomic E-state index is 0.116. The number of amides is 2. The van der Waals surface area contributed by atoms with Gasteiger partial charge < -0.3 is 15.0 Å². The Bertz CT molecular complexity index is 990. The number of hydrogen-bond donors (Lipinski definition) is 1. The maximum absolute atomic E-state index is 13.1. The van der Waals surface area contributed by atoms with E-state index >= 15 is 0 Å². The maximum atomic E-state index is 13.1. The fraction of sp³-hybridized carbons (Fsp3) is 0.348. The van der Waals surface area contributed by atoms with Gasteiger partial charge in [-0.2, -0.15) is 0 Å². The SMILES string of the molecule is O=C(Cc1ccccc1)NC1C(=O)N2C(C(=O)OCc3ccccc3)C(CCl)(CBr)S[C@H]12. The number of fused-ring (bicyclic) bond motifs is 1. The molecule has 0 bridgehead atoms. The molecule has 2 fully saturated rings. The van der Waals surface area contributed by atoms with Crippen LogP contribution in [0.1, 0.15) is 11.1 Å². The molecule has 168 valence electrons. The van der Waals surface area contributed by atoms with Gasteiger partial charge in [0.2, 0.25) is 11.8 Å². The van der Waals surface area contributed by atoms with Crippen LogP contribution < -0.4 is 5.32 Å². The van der Waals surface area contributed by atoms with Crippen molar-refractivity contribution in [3.8, 4) is 0 Å². The molecule has 0 saturated carbocycles. The molecule has 2 aliphatic rings. The number of carbonyl (C=O) groups excluding carboxylic acids is 3.